The molecule has 1 N–H and O–H groups in total. The lowest BCUT2D eigenvalue weighted by atomic mass is 10.2. The molecule has 0 aliphatic carbocycles. The Morgan fingerprint density at radius 2 is 1.80 bits per heavy atom. The monoisotopic (exact) mass is 466 g/mol. The van der Waals surface area contributed by atoms with Crippen molar-refractivity contribution < 1.29 is 14.3 Å². The van der Waals surface area contributed by atoms with E-state index in [1.54, 1.807) is 42.2 Å². The molecule has 7 nitrogen and oxygen atoms in total. The minimum Gasteiger partial charge on any atom is -0.497 e. The largest absolute Gasteiger partial charge is 0.497 e. The van der Waals surface area contributed by atoms with E-state index in [0.717, 1.165) is 21.4 Å². The summed E-state index contributed by atoms with van der Waals surface area (Å²) in [7, 11) is 1.62. The summed E-state index contributed by atoms with van der Waals surface area (Å²) < 4.78 is 11.4. The van der Waals surface area contributed by atoms with Crippen molar-refractivity contribution in [1.29, 1.82) is 0 Å². The minimum atomic E-state index is -0.222. The van der Waals surface area contributed by atoms with Crippen molar-refractivity contribution in [3.63, 3.8) is 0 Å². The van der Waals surface area contributed by atoms with Crippen LogP contribution in [0.1, 0.15) is 17.3 Å². The highest BCUT2D eigenvalue weighted by atomic mass is 79.9. The Kier molecular flexibility index (Phi) is 5.67. The number of nitrogens with zero attached hydrogens (tertiary/aromatic N) is 3. The quantitative estimate of drug-likeness (QED) is 0.439. The van der Waals surface area contributed by atoms with Crippen LogP contribution in [0.25, 0.3) is 16.7 Å². The highest BCUT2D eigenvalue weighted by molar-refractivity contribution is 9.10. The van der Waals surface area contributed by atoms with Crippen LogP contribution >= 0.6 is 15.9 Å². The fourth-order valence-electron chi connectivity index (χ4n) is 2.94. The van der Waals surface area contributed by atoms with E-state index in [0.29, 0.717) is 29.1 Å². The summed E-state index contributed by atoms with van der Waals surface area (Å²) >= 11 is 3.43. The van der Waals surface area contributed by atoms with E-state index in [2.05, 4.69) is 31.4 Å². The van der Waals surface area contributed by atoms with Crippen LogP contribution in [-0.4, -0.2) is 34.6 Å². The van der Waals surface area contributed by atoms with Gasteiger partial charge in [-0.25, -0.2) is 0 Å². The number of rotatable bonds is 6. The molecule has 0 radical (unpaired) electrons. The second kappa shape index (κ2) is 8.54. The molecule has 4 rings (SSSR count). The molecule has 8 heteroatoms. The number of ether oxygens (including phenoxy) is 2. The van der Waals surface area contributed by atoms with Crippen molar-refractivity contribution in [3.05, 3.63) is 70.7 Å². The molecule has 0 unspecified atom stereocenters. The molecule has 0 saturated carbocycles. The lowest BCUT2D eigenvalue weighted by molar-refractivity contribution is 0.102. The van der Waals surface area contributed by atoms with Gasteiger partial charge < -0.3 is 14.8 Å². The molecule has 0 aliphatic heterocycles. The van der Waals surface area contributed by atoms with Gasteiger partial charge >= 0.3 is 0 Å². The summed E-state index contributed by atoms with van der Waals surface area (Å²) in [5.74, 6) is 1.24. The maximum Gasteiger partial charge on any atom is 0.255 e. The van der Waals surface area contributed by atoms with Crippen LogP contribution in [0.3, 0.4) is 0 Å². The molecule has 1 aromatic heterocycles. The number of hydrogen-bond donors (Lipinski definition) is 1. The number of carbonyl (C=O) groups excluding carboxylic acids is 1. The summed E-state index contributed by atoms with van der Waals surface area (Å²) in [5, 5.41) is 11.9. The van der Waals surface area contributed by atoms with Gasteiger partial charge in [-0.05, 0) is 83.5 Å². The van der Waals surface area contributed by atoms with Gasteiger partial charge in [0.1, 0.15) is 22.5 Å². The van der Waals surface area contributed by atoms with E-state index < -0.39 is 0 Å². The van der Waals surface area contributed by atoms with Crippen molar-refractivity contribution in [3.8, 4) is 17.2 Å². The Bertz CT molecular complexity index is 1200. The first-order valence-corrected chi connectivity index (χ1v) is 10.1. The van der Waals surface area contributed by atoms with Gasteiger partial charge in [0, 0.05) is 11.3 Å². The first kappa shape index (κ1) is 19.9. The number of fused-ring (bicyclic) bond motifs is 1. The fraction of sp³-hybridized carbons (Fsp3) is 0.136. The number of nitrogens with one attached hydrogen (secondary N) is 1. The normalized spacial score (nSPS) is 10.8. The number of carbonyl (C=O) groups is 1. The molecule has 0 atom stereocenters. The third kappa shape index (κ3) is 4.13. The van der Waals surface area contributed by atoms with Crippen LogP contribution in [0.5, 0.6) is 11.5 Å². The highest BCUT2D eigenvalue weighted by Gasteiger charge is 2.11. The molecule has 4 aromatic rings. The molecule has 152 valence electrons. The number of benzene rings is 3. The smallest absolute Gasteiger partial charge is 0.255 e. The maximum atomic E-state index is 12.6. The van der Waals surface area contributed by atoms with Crippen molar-refractivity contribution >= 4 is 38.6 Å². The summed E-state index contributed by atoms with van der Waals surface area (Å²) in [5.41, 5.74) is 3.38. The van der Waals surface area contributed by atoms with E-state index in [4.69, 9.17) is 9.47 Å². The van der Waals surface area contributed by atoms with Crippen molar-refractivity contribution in [2.45, 2.75) is 6.92 Å². The zero-order valence-electron chi connectivity index (χ0n) is 16.4. The Hall–Kier alpha value is -3.39. The van der Waals surface area contributed by atoms with Gasteiger partial charge in [0.15, 0.2) is 0 Å². The number of aromatic nitrogens is 3. The zero-order chi connectivity index (χ0) is 21.1. The third-order valence-corrected chi connectivity index (χ3v) is 5.06. The number of methoxy groups -OCH3 is 1. The number of amides is 1. The molecule has 1 amide bonds. The van der Waals surface area contributed by atoms with Crippen molar-refractivity contribution in [2.24, 2.45) is 0 Å². The molecule has 0 saturated heterocycles. The van der Waals surface area contributed by atoms with Crippen LogP contribution in [-0.2, 0) is 0 Å². The third-order valence-electron chi connectivity index (χ3n) is 4.44. The van der Waals surface area contributed by atoms with Gasteiger partial charge in [-0.1, -0.05) is 0 Å². The second-order valence-electron chi connectivity index (χ2n) is 6.42. The van der Waals surface area contributed by atoms with Gasteiger partial charge in [-0.2, -0.15) is 4.80 Å². The molecule has 0 spiro atoms. The minimum absolute atomic E-state index is 0.222. The van der Waals surface area contributed by atoms with Crippen LogP contribution in [0.15, 0.2) is 65.1 Å². The molecule has 0 aliphatic rings. The molecule has 0 fully saturated rings. The summed E-state index contributed by atoms with van der Waals surface area (Å²) in [6, 6.07) is 18.1. The van der Waals surface area contributed by atoms with Crippen molar-refractivity contribution in [2.75, 3.05) is 19.0 Å². The summed E-state index contributed by atoms with van der Waals surface area (Å²) in [6.45, 7) is 2.47. The van der Waals surface area contributed by atoms with Crippen LogP contribution in [0.4, 0.5) is 5.69 Å². The molecule has 30 heavy (non-hydrogen) atoms. The molecular formula is C22H19BrN4O3. The second-order valence-corrected chi connectivity index (χ2v) is 7.28. The number of hydrogen-bond acceptors (Lipinski definition) is 5. The van der Waals surface area contributed by atoms with Gasteiger partial charge in [0.05, 0.1) is 23.9 Å². The first-order chi connectivity index (χ1) is 14.6. The molecule has 3 aromatic carbocycles. The molecular weight excluding hydrogens is 448 g/mol. The predicted molar refractivity (Wildman–Crippen MR) is 119 cm³/mol. The van der Waals surface area contributed by atoms with Crippen LogP contribution < -0.4 is 14.8 Å². The Morgan fingerprint density at radius 1 is 1.03 bits per heavy atom. The SMILES string of the molecule is CCOc1ccc(C(=O)Nc2ccc3nn(-c4ccc(OC)cc4)nc3c2)cc1Br. The van der Waals surface area contributed by atoms with Gasteiger partial charge in [-0.3, -0.25) is 4.79 Å². The van der Waals surface area contributed by atoms with Gasteiger partial charge in [0.2, 0.25) is 0 Å². The van der Waals surface area contributed by atoms with E-state index in [-0.39, 0.29) is 5.91 Å². The highest BCUT2D eigenvalue weighted by Crippen LogP contribution is 2.26. The standard InChI is InChI=1S/C22H19BrN4O3/c1-3-30-21-11-4-14(12-18(21)23)22(28)24-15-5-10-19-20(13-15)26-27(25-19)16-6-8-17(29-2)9-7-16/h4-13H,3H2,1-2H3,(H,24,28). The van der Waals surface area contributed by atoms with E-state index in [1.165, 1.54) is 0 Å². The Labute approximate surface area is 181 Å². The number of anilines is 1. The summed E-state index contributed by atoms with van der Waals surface area (Å²) in [6.07, 6.45) is 0. The lowest BCUT2D eigenvalue weighted by Gasteiger charge is -2.09. The predicted octanol–water partition coefficient (Wildman–Crippen LogP) is 4.84. The zero-order valence-corrected chi connectivity index (χ0v) is 18.0. The molecule has 0 bridgehead atoms. The van der Waals surface area contributed by atoms with E-state index in [1.807, 2.05) is 37.3 Å². The Morgan fingerprint density at radius 3 is 2.50 bits per heavy atom. The van der Waals surface area contributed by atoms with Gasteiger partial charge in [-0.15, -0.1) is 10.2 Å². The summed E-state index contributed by atoms with van der Waals surface area (Å²) in [4.78, 5) is 14.2. The van der Waals surface area contributed by atoms with Crippen molar-refractivity contribution in [1.82, 2.24) is 15.0 Å². The van der Waals surface area contributed by atoms with Crippen LogP contribution in [0.2, 0.25) is 0 Å². The maximum absolute atomic E-state index is 12.6. The first-order valence-electron chi connectivity index (χ1n) is 9.32. The lowest BCUT2D eigenvalue weighted by Crippen LogP contribution is -2.12. The topological polar surface area (TPSA) is 78.3 Å². The average molecular weight is 467 g/mol. The fourth-order valence-corrected chi connectivity index (χ4v) is 3.43. The van der Waals surface area contributed by atoms with E-state index in [9.17, 15) is 4.79 Å². The molecule has 1 heterocycles. The number of halogens is 1. The van der Waals surface area contributed by atoms with Gasteiger partial charge in [0.25, 0.3) is 5.91 Å². The van der Waals surface area contributed by atoms with E-state index >= 15 is 0 Å². The Balaban J connectivity index is 1.54. The van der Waals surface area contributed by atoms with Crippen LogP contribution in [0, 0.1) is 0 Å². The average Bonchev–Trinajstić information content (AvgIpc) is 3.18.